The van der Waals surface area contributed by atoms with Crippen molar-refractivity contribution < 1.29 is 9.21 Å². The van der Waals surface area contributed by atoms with E-state index < -0.39 is 0 Å². The number of aromatic nitrogens is 2. The number of benzene rings is 2. The summed E-state index contributed by atoms with van der Waals surface area (Å²) in [6.07, 6.45) is 1.29. The molecule has 0 spiro atoms. The SMILES string of the molecule is Cc1cc(CNC(=O)c2ocnc2C)c2[nH]c(-c3ccccc3)c(C)c2c1. The normalized spacial score (nSPS) is 11.1. The molecule has 136 valence electrons. The smallest absolute Gasteiger partial charge is 0.289 e. The van der Waals surface area contributed by atoms with Crippen molar-refractivity contribution in [3.05, 3.63) is 77.0 Å². The van der Waals surface area contributed by atoms with E-state index in [0.717, 1.165) is 27.9 Å². The number of amides is 1. The van der Waals surface area contributed by atoms with Crippen molar-refractivity contribution in [1.29, 1.82) is 0 Å². The number of fused-ring (bicyclic) bond motifs is 1. The lowest BCUT2D eigenvalue weighted by Crippen LogP contribution is -2.23. The number of rotatable bonds is 4. The summed E-state index contributed by atoms with van der Waals surface area (Å²) in [5, 5.41) is 4.11. The van der Waals surface area contributed by atoms with Crippen molar-refractivity contribution in [2.75, 3.05) is 0 Å². The molecular formula is C22H21N3O2. The van der Waals surface area contributed by atoms with Gasteiger partial charge in [0.1, 0.15) is 0 Å². The van der Waals surface area contributed by atoms with Crippen LogP contribution in [0.4, 0.5) is 0 Å². The summed E-state index contributed by atoms with van der Waals surface area (Å²) < 4.78 is 5.18. The Bertz CT molecular complexity index is 1120. The van der Waals surface area contributed by atoms with Crippen LogP contribution in [0, 0.1) is 20.8 Å². The minimum absolute atomic E-state index is 0.256. The molecule has 0 aliphatic rings. The molecule has 1 amide bonds. The van der Waals surface area contributed by atoms with Crippen LogP contribution in [0.15, 0.2) is 53.3 Å². The van der Waals surface area contributed by atoms with Gasteiger partial charge in [-0.2, -0.15) is 0 Å². The number of aromatic amines is 1. The lowest BCUT2D eigenvalue weighted by atomic mass is 10.0. The molecule has 0 unspecified atom stereocenters. The van der Waals surface area contributed by atoms with Gasteiger partial charge < -0.3 is 14.7 Å². The predicted octanol–water partition coefficient (Wildman–Crippen LogP) is 4.68. The van der Waals surface area contributed by atoms with E-state index in [1.165, 1.54) is 17.3 Å². The zero-order valence-electron chi connectivity index (χ0n) is 15.6. The fourth-order valence-electron chi connectivity index (χ4n) is 3.47. The summed E-state index contributed by atoms with van der Waals surface area (Å²) in [5.74, 6) is -0.00208. The van der Waals surface area contributed by atoms with Crippen LogP contribution in [-0.2, 0) is 6.54 Å². The van der Waals surface area contributed by atoms with Gasteiger partial charge in [-0.15, -0.1) is 0 Å². The van der Waals surface area contributed by atoms with Crippen molar-refractivity contribution in [2.45, 2.75) is 27.3 Å². The quantitative estimate of drug-likeness (QED) is 0.556. The predicted molar refractivity (Wildman–Crippen MR) is 106 cm³/mol. The first kappa shape index (κ1) is 17.1. The van der Waals surface area contributed by atoms with Crippen molar-refractivity contribution >= 4 is 16.8 Å². The van der Waals surface area contributed by atoms with E-state index >= 15 is 0 Å². The van der Waals surface area contributed by atoms with E-state index in [1.807, 2.05) is 18.2 Å². The lowest BCUT2D eigenvalue weighted by molar-refractivity contribution is 0.0922. The Labute approximate surface area is 157 Å². The van der Waals surface area contributed by atoms with Crippen LogP contribution in [0.25, 0.3) is 22.2 Å². The maximum atomic E-state index is 12.4. The second-order valence-corrected chi connectivity index (χ2v) is 6.79. The van der Waals surface area contributed by atoms with Crippen LogP contribution in [-0.4, -0.2) is 15.9 Å². The van der Waals surface area contributed by atoms with Crippen LogP contribution < -0.4 is 5.32 Å². The summed E-state index contributed by atoms with van der Waals surface area (Å²) in [5.41, 5.74) is 7.30. The molecule has 0 aliphatic heterocycles. The van der Waals surface area contributed by atoms with Gasteiger partial charge in [-0.1, -0.05) is 42.0 Å². The van der Waals surface area contributed by atoms with E-state index in [1.54, 1.807) is 6.92 Å². The van der Waals surface area contributed by atoms with Crippen molar-refractivity contribution in [2.24, 2.45) is 0 Å². The molecule has 0 saturated carbocycles. The minimum Gasteiger partial charge on any atom is -0.438 e. The molecule has 0 saturated heterocycles. The number of nitrogens with zero attached hydrogens (tertiary/aromatic N) is 1. The van der Waals surface area contributed by atoms with Gasteiger partial charge in [0, 0.05) is 17.6 Å². The van der Waals surface area contributed by atoms with Crippen LogP contribution in [0.2, 0.25) is 0 Å². The third-order valence-corrected chi connectivity index (χ3v) is 4.85. The summed E-state index contributed by atoms with van der Waals surface area (Å²) in [7, 11) is 0. The molecule has 0 atom stereocenters. The Morgan fingerprint density at radius 3 is 2.63 bits per heavy atom. The first-order chi connectivity index (χ1) is 13.0. The van der Waals surface area contributed by atoms with Gasteiger partial charge >= 0.3 is 0 Å². The largest absolute Gasteiger partial charge is 0.438 e. The first-order valence-corrected chi connectivity index (χ1v) is 8.90. The van der Waals surface area contributed by atoms with E-state index in [2.05, 4.69) is 53.4 Å². The standard InChI is InChI=1S/C22H21N3O2/c1-13-9-17(11-23-22(26)21-15(3)24-12-27-21)20-18(10-13)14(2)19(25-20)16-7-5-4-6-8-16/h4-10,12,25H,11H2,1-3H3,(H,23,26). The summed E-state index contributed by atoms with van der Waals surface area (Å²) in [4.78, 5) is 19.9. The van der Waals surface area contributed by atoms with Gasteiger partial charge in [0.25, 0.3) is 5.91 Å². The molecule has 5 nitrogen and oxygen atoms in total. The summed E-state index contributed by atoms with van der Waals surface area (Å²) in [6, 6.07) is 14.5. The minimum atomic E-state index is -0.258. The highest BCUT2D eigenvalue weighted by molar-refractivity contribution is 5.94. The van der Waals surface area contributed by atoms with Crippen LogP contribution in [0.1, 0.15) is 32.9 Å². The third-order valence-electron chi connectivity index (χ3n) is 4.85. The van der Waals surface area contributed by atoms with Crippen LogP contribution in [0.5, 0.6) is 0 Å². The first-order valence-electron chi connectivity index (χ1n) is 8.90. The number of hydrogen-bond donors (Lipinski definition) is 2. The Morgan fingerprint density at radius 1 is 1.15 bits per heavy atom. The molecule has 2 N–H and O–H groups in total. The second-order valence-electron chi connectivity index (χ2n) is 6.79. The maximum absolute atomic E-state index is 12.4. The highest BCUT2D eigenvalue weighted by Gasteiger charge is 2.16. The van der Waals surface area contributed by atoms with Gasteiger partial charge in [0.05, 0.1) is 11.2 Å². The van der Waals surface area contributed by atoms with E-state index in [9.17, 15) is 4.79 Å². The van der Waals surface area contributed by atoms with Gasteiger partial charge in [0.2, 0.25) is 5.76 Å². The molecule has 0 radical (unpaired) electrons. The Kier molecular flexibility index (Phi) is 4.28. The number of oxazole rings is 1. The van der Waals surface area contributed by atoms with Crippen molar-refractivity contribution in [3.8, 4) is 11.3 Å². The Morgan fingerprint density at radius 2 is 1.93 bits per heavy atom. The van der Waals surface area contributed by atoms with Gasteiger partial charge in [-0.25, -0.2) is 4.98 Å². The monoisotopic (exact) mass is 359 g/mol. The molecule has 2 aromatic heterocycles. The average Bonchev–Trinajstić information content (AvgIpc) is 3.24. The maximum Gasteiger partial charge on any atom is 0.289 e. The zero-order valence-corrected chi connectivity index (χ0v) is 15.6. The Balaban J connectivity index is 1.71. The van der Waals surface area contributed by atoms with E-state index in [0.29, 0.717) is 12.2 Å². The van der Waals surface area contributed by atoms with Gasteiger partial charge in [0.15, 0.2) is 6.39 Å². The molecule has 0 aliphatic carbocycles. The molecule has 5 heteroatoms. The molecular weight excluding hydrogens is 338 g/mol. The molecule has 4 rings (SSSR count). The third kappa shape index (κ3) is 3.12. The molecule has 0 bridgehead atoms. The highest BCUT2D eigenvalue weighted by Crippen LogP contribution is 2.32. The number of hydrogen-bond acceptors (Lipinski definition) is 3. The zero-order chi connectivity index (χ0) is 19.0. The average molecular weight is 359 g/mol. The number of H-pyrrole nitrogens is 1. The second kappa shape index (κ2) is 6.76. The molecule has 0 fully saturated rings. The number of carbonyl (C=O) groups excluding carboxylic acids is 1. The summed E-state index contributed by atoms with van der Waals surface area (Å²) in [6.45, 7) is 6.36. The summed E-state index contributed by atoms with van der Waals surface area (Å²) >= 11 is 0. The van der Waals surface area contributed by atoms with Crippen molar-refractivity contribution in [1.82, 2.24) is 15.3 Å². The molecule has 27 heavy (non-hydrogen) atoms. The number of aryl methyl sites for hydroxylation is 3. The Hall–Kier alpha value is -3.34. The van der Waals surface area contributed by atoms with Crippen LogP contribution in [0.3, 0.4) is 0 Å². The van der Waals surface area contributed by atoms with E-state index in [4.69, 9.17) is 4.42 Å². The van der Waals surface area contributed by atoms with Gasteiger partial charge in [-0.05, 0) is 43.5 Å². The number of carbonyl (C=O) groups is 1. The molecule has 2 aromatic carbocycles. The van der Waals surface area contributed by atoms with Crippen molar-refractivity contribution in [3.63, 3.8) is 0 Å². The lowest BCUT2D eigenvalue weighted by Gasteiger charge is -2.07. The fraction of sp³-hybridized carbons (Fsp3) is 0.182. The fourth-order valence-corrected chi connectivity index (χ4v) is 3.47. The molecule has 2 heterocycles. The van der Waals surface area contributed by atoms with Crippen LogP contribution >= 0.6 is 0 Å². The van der Waals surface area contributed by atoms with Gasteiger partial charge in [-0.3, -0.25) is 4.79 Å². The topological polar surface area (TPSA) is 70.9 Å². The highest BCUT2D eigenvalue weighted by atomic mass is 16.3. The molecule has 4 aromatic rings. The number of nitrogens with one attached hydrogen (secondary N) is 2. The van der Waals surface area contributed by atoms with E-state index in [-0.39, 0.29) is 11.7 Å².